The van der Waals surface area contributed by atoms with Crippen molar-refractivity contribution in [2.45, 2.75) is 32.4 Å². The van der Waals surface area contributed by atoms with Crippen LogP contribution in [0.2, 0.25) is 0 Å². The second kappa shape index (κ2) is 8.00. The van der Waals surface area contributed by atoms with E-state index in [1.807, 2.05) is 38.1 Å². The Balaban J connectivity index is 2.75. The SMILES string of the molecule is CCOC(=O)C(=O)CC(SCC)c1ccc(C)cc1. The number of esters is 1. The number of thioether (sulfide) groups is 1. The monoisotopic (exact) mass is 280 g/mol. The van der Waals surface area contributed by atoms with E-state index < -0.39 is 11.8 Å². The summed E-state index contributed by atoms with van der Waals surface area (Å²) in [6.07, 6.45) is 0.195. The maximum absolute atomic E-state index is 11.8. The third-order valence-corrected chi connectivity index (χ3v) is 3.87. The van der Waals surface area contributed by atoms with Crippen LogP contribution >= 0.6 is 11.8 Å². The largest absolute Gasteiger partial charge is 0.460 e. The van der Waals surface area contributed by atoms with Crippen LogP contribution < -0.4 is 0 Å². The second-order valence-electron chi connectivity index (χ2n) is 4.20. The van der Waals surface area contributed by atoms with E-state index in [2.05, 4.69) is 0 Å². The van der Waals surface area contributed by atoms with Crippen LogP contribution in [0.4, 0.5) is 0 Å². The molecule has 1 aromatic carbocycles. The van der Waals surface area contributed by atoms with Gasteiger partial charge in [-0.2, -0.15) is 11.8 Å². The van der Waals surface area contributed by atoms with E-state index in [4.69, 9.17) is 4.74 Å². The van der Waals surface area contributed by atoms with Gasteiger partial charge < -0.3 is 4.74 Å². The summed E-state index contributed by atoms with van der Waals surface area (Å²) in [6, 6.07) is 8.07. The Morgan fingerprint density at radius 2 is 1.84 bits per heavy atom. The topological polar surface area (TPSA) is 43.4 Å². The number of aryl methyl sites for hydroxylation is 1. The summed E-state index contributed by atoms with van der Waals surface area (Å²) >= 11 is 1.67. The molecule has 0 aliphatic rings. The van der Waals surface area contributed by atoms with Gasteiger partial charge in [-0.3, -0.25) is 4.79 Å². The van der Waals surface area contributed by atoms with E-state index in [-0.39, 0.29) is 18.3 Å². The van der Waals surface area contributed by atoms with Gasteiger partial charge in [0.15, 0.2) is 0 Å². The molecule has 0 aromatic heterocycles. The zero-order chi connectivity index (χ0) is 14.3. The number of Topliss-reactive ketones (excluding diaryl/α,β-unsaturated/α-hetero) is 1. The smallest absolute Gasteiger partial charge is 0.374 e. The Morgan fingerprint density at radius 3 is 2.37 bits per heavy atom. The summed E-state index contributed by atoms with van der Waals surface area (Å²) in [6.45, 7) is 6.00. The summed E-state index contributed by atoms with van der Waals surface area (Å²) in [5, 5.41) is 0.0162. The van der Waals surface area contributed by atoms with E-state index in [1.54, 1.807) is 18.7 Å². The molecule has 1 aromatic rings. The minimum Gasteiger partial charge on any atom is -0.460 e. The van der Waals surface area contributed by atoms with E-state index in [1.165, 1.54) is 5.56 Å². The summed E-state index contributed by atoms with van der Waals surface area (Å²) in [4.78, 5) is 23.2. The molecule has 0 saturated heterocycles. The first-order valence-corrected chi connectivity index (χ1v) is 7.51. The number of carbonyl (C=O) groups is 2. The molecule has 0 amide bonds. The minimum atomic E-state index is -0.726. The Labute approximate surface area is 118 Å². The van der Waals surface area contributed by atoms with Crippen molar-refractivity contribution in [3.8, 4) is 0 Å². The van der Waals surface area contributed by atoms with Gasteiger partial charge in [-0.15, -0.1) is 0 Å². The van der Waals surface area contributed by atoms with Crippen LogP contribution in [-0.4, -0.2) is 24.1 Å². The fourth-order valence-corrected chi connectivity index (χ4v) is 2.74. The third kappa shape index (κ3) is 5.07. The van der Waals surface area contributed by atoms with E-state index in [0.29, 0.717) is 0 Å². The minimum absolute atomic E-state index is 0.0162. The van der Waals surface area contributed by atoms with Crippen LogP contribution in [0.15, 0.2) is 24.3 Å². The number of benzene rings is 1. The molecule has 104 valence electrons. The van der Waals surface area contributed by atoms with Crippen LogP contribution in [0.3, 0.4) is 0 Å². The van der Waals surface area contributed by atoms with Crippen molar-refractivity contribution in [3.05, 3.63) is 35.4 Å². The summed E-state index contributed by atoms with van der Waals surface area (Å²) in [5.41, 5.74) is 2.26. The lowest BCUT2D eigenvalue weighted by Gasteiger charge is -2.15. The molecule has 0 spiro atoms. The van der Waals surface area contributed by atoms with Crippen molar-refractivity contribution in [1.29, 1.82) is 0 Å². The molecule has 0 aliphatic carbocycles. The Kier molecular flexibility index (Phi) is 6.64. The van der Waals surface area contributed by atoms with Gasteiger partial charge in [0.2, 0.25) is 5.78 Å². The van der Waals surface area contributed by atoms with E-state index >= 15 is 0 Å². The quantitative estimate of drug-likeness (QED) is 0.567. The van der Waals surface area contributed by atoms with Gasteiger partial charge in [0.05, 0.1) is 6.61 Å². The van der Waals surface area contributed by atoms with Gasteiger partial charge in [-0.1, -0.05) is 36.8 Å². The summed E-state index contributed by atoms with van der Waals surface area (Å²) in [5.74, 6) is -0.279. The molecule has 4 heteroatoms. The number of hydrogen-bond donors (Lipinski definition) is 0. The summed E-state index contributed by atoms with van der Waals surface area (Å²) < 4.78 is 4.74. The molecule has 0 heterocycles. The van der Waals surface area contributed by atoms with Crippen LogP contribution in [0.5, 0.6) is 0 Å². The molecule has 0 N–H and O–H groups in total. The van der Waals surface area contributed by atoms with Crippen LogP contribution in [0, 0.1) is 6.92 Å². The highest BCUT2D eigenvalue weighted by molar-refractivity contribution is 7.99. The Bertz CT molecular complexity index is 426. The number of ketones is 1. The average Bonchev–Trinajstić information content (AvgIpc) is 2.39. The molecule has 0 fully saturated rings. The molecule has 1 rings (SSSR count). The van der Waals surface area contributed by atoms with Crippen molar-refractivity contribution < 1.29 is 14.3 Å². The molecule has 0 radical (unpaired) electrons. The van der Waals surface area contributed by atoms with Gasteiger partial charge in [-0.25, -0.2) is 4.79 Å². The fourth-order valence-electron chi connectivity index (χ4n) is 1.72. The van der Waals surface area contributed by atoms with Gasteiger partial charge in [-0.05, 0) is 25.2 Å². The highest BCUT2D eigenvalue weighted by atomic mass is 32.2. The number of rotatable bonds is 7. The van der Waals surface area contributed by atoms with Crippen molar-refractivity contribution in [3.63, 3.8) is 0 Å². The highest BCUT2D eigenvalue weighted by Gasteiger charge is 2.22. The standard InChI is InChI=1S/C15H20O3S/c1-4-18-15(17)13(16)10-14(19-5-2)12-8-6-11(3)7-9-12/h6-9,14H,4-5,10H2,1-3H3. The average molecular weight is 280 g/mol. The number of hydrogen-bond acceptors (Lipinski definition) is 4. The van der Waals surface area contributed by atoms with Gasteiger partial charge in [0.25, 0.3) is 0 Å². The third-order valence-electron chi connectivity index (χ3n) is 2.69. The lowest BCUT2D eigenvalue weighted by atomic mass is 10.1. The first-order chi connectivity index (χ1) is 9.08. The Hall–Kier alpha value is -1.29. The van der Waals surface area contributed by atoms with Crippen LogP contribution in [0.25, 0.3) is 0 Å². The van der Waals surface area contributed by atoms with E-state index in [9.17, 15) is 9.59 Å². The lowest BCUT2D eigenvalue weighted by molar-refractivity contribution is -0.153. The molecular formula is C15H20O3S. The number of carbonyl (C=O) groups excluding carboxylic acids is 2. The molecule has 1 atom stereocenters. The molecule has 19 heavy (non-hydrogen) atoms. The highest BCUT2D eigenvalue weighted by Crippen LogP contribution is 2.32. The molecule has 3 nitrogen and oxygen atoms in total. The van der Waals surface area contributed by atoms with Crippen molar-refractivity contribution in [2.24, 2.45) is 0 Å². The van der Waals surface area contributed by atoms with Gasteiger partial charge >= 0.3 is 5.97 Å². The first kappa shape index (κ1) is 15.8. The molecule has 1 unspecified atom stereocenters. The Morgan fingerprint density at radius 1 is 1.21 bits per heavy atom. The van der Waals surface area contributed by atoms with Crippen molar-refractivity contribution in [2.75, 3.05) is 12.4 Å². The zero-order valence-corrected chi connectivity index (χ0v) is 12.5. The van der Waals surface area contributed by atoms with Gasteiger partial charge in [0, 0.05) is 11.7 Å². The van der Waals surface area contributed by atoms with Gasteiger partial charge in [0.1, 0.15) is 0 Å². The molecule has 0 bridgehead atoms. The second-order valence-corrected chi connectivity index (χ2v) is 5.68. The maximum atomic E-state index is 11.8. The lowest BCUT2D eigenvalue weighted by Crippen LogP contribution is -2.19. The predicted molar refractivity (Wildman–Crippen MR) is 78.3 cm³/mol. The zero-order valence-electron chi connectivity index (χ0n) is 11.6. The van der Waals surface area contributed by atoms with Crippen LogP contribution in [-0.2, 0) is 14.3 Å². The maximum Gasteiger partial charge on any atom is 0.374 e. The van der Waals surface area contributed by atoms with Crippen molar-refractivity contribution >= 4 is 23.5 Å². The molecular weight excluding hydrogens is 260 g/mol. The normalized spacial score (nSPS) is 11.9. The van der Waals surface area contributed by atoms with Crippen molar-refractivity contribution in [1.82, 2.24) is 0 Å². The fraction of sp³-hybridized carbons (Fsp3) is 0.467. The van der Waals surface area contributed by atoms with Crippen LogP contribution in [0.1, 0.15) is 36.6 Å². The predicted octanol–water partition coefficient (Wildman–Crippen LogP) is 3.31. The molecule has 0 aliphatic heterocycles. The molecule has 0 saturated carbocycles. The van der Waals surface area contributed by atoms with E-state index in [0.717, 1.165) is 11.3 Å². The number of ether oxygens (including phenoxy) is 1. The summed E-state index contributed by atoms with van der Waals surface area (Å²) in [7, 11) is 0. The first-order valence-electron chi connectivity index (χ1n) is 6.46.